The van der Waals surface area contributed by atoms with Crippen molar-refractivity contribution in [1.82, 2.24) is 15.0 Å². The van der Waals surface area contributed by atoms with Crippen LogP contribution in [0.3, 0.4) is 0 Å². The van der Waals surface area contributed by atoms with E-state index in [0.717, 1.165) is 0 Å². The molecule has 0 saturated carbocycles. The fourth-order valence-electron chi connectivity index (χ4n) is 0.851. The van der Waals surface area contributed by atoms with Gasteiger partial charge in [-0.25, -0.2) is 19.7 Å². The lowest BCUT2D eigenvalue weighted by atomic mass is 10.4. The monoisotopic (exact) mass is 181 g/mol. The van der Waals surface area contributed by atoms with E-state index in [1.165, 1.54) is 17.7 Å². The number of carbonyl (C=O) groups is 1. The number of aromatic carboxylic acids is 1. The van der Waals surface area contributed by atoms with Crippen LogP contribution in [-0.4, -0.2) is 26.0 Å². The molecule has 2 rings (SSSR count). The molecule has 12 heavy (non-hydrogen) atoms. The van der Waals surface area contributed by atoms with Gasteiger partial charge in [0.1, 0.15) is 16.7 Å². The molecule has 2 aromatic rings. The van der Waals surface area contributed by atoms with E-state index >= 15 is 0 Å². The van der Waals surface area contributed by atoms with Gasteiger partial charge in [-0.15, -0.1) is 11.3 Å². The van der Waals surface area contributed by atoms with Crippen molar-refractivity contribution in [3.63, 3.8) is 0 Å². The number of carboxylic acid groups (broad SMARTS) is 1. The standard InChI is InChI=1S/C6H3N3O2S/c10-6(11)4-3-5(8-1-7-4)12-2-9-3/h1-2H,(H,10,11). The summed E-state index contributed by atoms with van der Waals surface area (Å²) in [6.07, 6.45) is 1.23. The number of thiazole rings is 1. The average molecular weight is 181 g/mol. The van der Waals surface area contributed by atoms with Gasteiger partial charge in [-0.1, -0.05) is 0 Å². The van der Waals surface area contributed by atoms with Gasteiger partial charge in [0.05, 0.1) is 5.51 Å². The Morgan fingerprint density at radius 1 is 1.42 bits per heavy atom. The van der Waals surface area contributed by atoms with E-state index in [9.17, 15) is 4.79 Å². The molecule has 0 aliphatic heterocycles. The van der Waals surface area contributed by atoms with Gasteiger partial charge in [0.25, 0.3) is 0 Å². The molecule has 0 spiro atoms. The number of carboxylic acids is 1. The van der Waals surface area contributed by atoms with Crippen LogP contribution in [-0.2, 0) is 0 Å². The Hall–Kier alpha value is -1.56. The highest BCUT2D eigenvalue weighted by molar-refractivity contribution is 7.16. The minimum Gasteiger partial charge on any atom is -0.476 e. The number of hydrogen-bond donors (Lipinski definition) is 1. The predicted molar refractivity (Wildman–Crippen MR) is 42.2 cm³/mol. The van der Waals surface area contributed by atoms with E-state index in [0.29, 0.717) is 10.3 Å². The molecule has 5 nitrogen and oxygen atoms in total. The molecule has 1 N–H and O–H groups in total. The van der Waals surface area contributed by atoms with Gasteiger partial charge in [-0.05, 0) is 0 Å². The molecule has 0 atom stereocenters. The lowest BCUT2D eigenvalue weighted by molar-refractivity contribution is 0.0692. The van der Waals surface area contributed by atoms with Crippen molar-refractivity contribution in [1.29, 1.82) is 0 Å². The summed E-state index contributed by atoms with van der Waals surface area (Å²) in [6.45, 7) is 0. The zero-order valence-corrected chi connectivity index (χ0v) is 6.58. The first kappa shape index (κ1) is 7.11. The minimum absolute atomic E-state index is 0.0405. The molecule has 0 amide bonds. The summed E-state index contributed by atoms with van der Waals surface area (Å²) >= 11 is 1.29. The Bertz CT molecular complexity index is 439. The zero-order chi connectivity index (χ0) is 8.55. The Balaban J connectivity index is 2.82. The Labute approximate surface area is 70.7 Å². The molecule has 0 radical (unpaired) electrons. The lowest BCUT2D eigenvalue weighted by Crippen LogP contribution is -2.01. The number of aromatic nitrogens is 3. The number of fused-ring (bicyclic) bond motifs is 1. The van der Waals surface area contributed by atoms with Gasteiger partial charge in [0, 0.05) is 0 Å². The van der Waals surface area contributed by atoms with Gasteiger partial charge in [0.2, 0.25) is 0 Å². The third-order valence-corrected chi connectivity index (χ3v) is 2.07. The van der Waals surface area contributed by atoms with Gasteiger partial charge < -0.3 is 5.11 Å². The maximum absolute atomic E-state index is 10.6. The van der Waals surface area contributed by atoms with Crippen LogP contribution in [0, 0.1) is 0 Å². The van der Waals surface area contributed by atoms with Crippen LogP contribution in [0.25, 0.3) is 10.3 Å². The van der Waals surface area contributed by atoms with Crippen LogP contribution in [0.15, 0.2) is 11.8 Å². The predicted octanol–water partition coefficient (Wildman–Crippen LogP) is 0.784. The quantitative estimate of drug-likeness (QED) is 0.703. The number of hydrogen-bond acceptors (Lipinski definition) is 5. The van der Waals surface area contributed by atoms with Crippen LogP contribution in [0.1, 0.15) is 10.5 Å². The zero-order valence-electron chi connectivity index (χ0n) is 5.76. The lowest BCUT2D eigenvalue weighted by Gasteiger charge is -1.91. The van der Waals surface area contributed by atoms with E-state index in [-0.39, 0.29) is 5.69 Å². The van der Waals surface area contributed by atoms with E-state index in [1.54, 1.807) is 5.51 Å². The fraction of sp³-hybridized carbons (Fsp3) is 0. The summed E-state index contributed by atoms with van der Waals surface area (Å²) in [5.74, 6) is -1.08. The normalized spacial score (nSPS) is 10.3. The van der Waals surface area contributed by atoms with Crippen LogP contribution >= 0.6 is 11.3 Å². The summed E-state index contributed by atoms with van der Waals surface area (Å²) in [5, 5.41) is 8.68. The van der Waals surface area contributed by atoms with Gasteiger partial charge in [-0.2, -0.15) is 0 Å². The van der Waals surface area contributed by atoms with Crippen LogP contribution < -0.4 is 0 Å². The number of rotatable bonds is 1. The van der Waals surface area contributed by atoms with Crippen LogP contribution in [0.4, 0.5) is 0 Å². The van der Waals surface area contributed by atoms with Gasteiger partial charge >= 0.3 is 5.97 Å². The summed E-state index contributed by atoms with van der Waals surface area (Å²) < 4.78 is 0. The third kappa shape index (κ3) is 0.928. The Morgan fingerprint density at radius 3 is 3.00 bits per heavy atom. The summed E-state index contributed by atoms with van der Waals surface area (Å²) in [6, 6.07) is 0. The fourth-order valence-corrected chi connectivity index (χ4v) is 1.48. The smallest absolute Gasteiger partial charge is 0.356 e. The first-order valence-corrected chi connectivity index (χ1v) is 3.94. The SMILES string of the molecule is O=C(O)c1ncnc2scnc12. The average Bonchev–Trinajstić information content (AvgIpc) is 2.49. The molecule has 0 bridgehead atoms. The summed E-state index contributed by atoms with van der Waals surface area (Å²) in [4.78, 5) is 22.5. The Kier molecular flexibility index (Phi) is 1.47. The second-order valence-corrected chi connectivity index (χ2v) is 2.87. The highest BCUT2D eigenvalue weighted by Gasteiger charge is 2.11. The molecule has 2 aromatic heterocycles. The van der Waals surface area contributed by atoms with Gasteiger partial charge in [-0.3, -0.25) is 0 Å². The van der Waals surface area contributed by atoms with Crippen molar-refractivity contribution < 1.29 is 9.90 Å². The molecule has 0 unspecified atom stereocenters. The molecule has 6 heteroatoms. The topological polar surface area (TPSA) is 76.0 Å². The third-order valence-electron chi connectivity index (χ3n) is 1.34. The molecule has 60 valence electrons. The second-order valence-electron chi connectivity index (χ2n) is 2.03. The minimum atomic E-state index is -1.08. The molecule has 0 saturated heterocycles. The van der Waals surface area contributed by atoms with Crippen LogP contribution in [0.5, 0.6) is 0 Å². The van der Waals surface area contributed by atoms with E-state index in [2.05, 4.69) is 15.0 Å². The summed E-state index contributed by atoms with van der Waals surface area (Å²) in [5.41, 5.74) is 1.86. The van der Waals surface area contributed by atoms with Gasteiger partial charge in [0.15, 0.2) is 5.69 Å². The molecular weight excluding hydrogens is 178 g/mol. The van der Waals surface area contributed by atoms with E-state index < -0.39 is 5.97 Å². The number of nitrogens with zero attached hydrogens (tertiary/aromatic N) is 3. The largest absolute Gasteiger partial charge is 0.476 e. The molecule has 0 fully saturated rings. The van der Waals surface area contributed by atoms with E-state index in [4.69, 9.17) is 5.11 Å². The highest BCUT2D eigenvalue weighted by Crippen LogP contribution is 2.16. The maximum atomic E-state index is 10.6. The van der Waals surface area contributed by atoms with Crippen molar-refractivity contribution in [3.05, 3.63) is 17.5 Å². The van der Waals surface area contributed by atoms with Crippen molar-refractivity contribution in [2.45, 2.75) is 0 Å². The van der Waals surface area contributed by atoms with E-state index in [1.807, 2.05) is 0 Å². The summed E-state index contributed by atoms with van der Waals surface area (Å²) in [7, 11) is 0. The van der Waals surface area contributed by atoms with Crippen molar-refractivity contribution in [3.8, 4) is 0 Å². The van der Waals surface area contributed by atoms with Crippen molar-refractivity contribution >= 4 is 27.7 Å². The second kappa shape index (κ2) is 2.49. The molecular formula is C6H3N3O2S. The molecule has 0 aromatic carbocycles. The maximum Gasteiger partial charge on any atom is 0.356 e. The first-order valence-electron chi connectivity index (χ1n) is 3.06. The molecule has 0 aliphatic carbocycles. The van der Waals surface area contributed by atoms with Crippen molar-refractivity contribution in [2.24, 2.45) is 0 Å². The van der Waals surface area contributed by atoms with Crippen LogP contribution in [0.2, 0.25) is 0 Å². The van der Waals surface area contributed by atoms with Crippen molar-refractivity contribution in [2.75, 3.05) is 0 Å². The molecule has 2 heterocycles. The Morgan fingerprint density at radius 2 is 2.25 bits per heavy atom. The first-order chi connectivity index (χ1) is 5.79. The highest BCUT2D eigenvalue weighted by atomic mass is 32.1. The molecule has 0 aliphatic rings.